The third-order valence-corrected chi connectivity index (χ3v) is 2.82. The summed E-state index contributed by atoms with van der Waals surface area (Å²) in [5.41, 5.74) is -0.775. The summed E-state index contributed by atoms with van der Waals surface area (Å²) in [5.74, 6) is -5.53. The molecular weight excluding hydrogens is 289 g/mol. The SMILES string of the molecule is CCN(CC(C)C(=O)O)C(=O)Nc1c(F)cc(F)cc1F. The summed E-state index contributed by atoms with van der Waals surface area (Å²) < 4.78 is 39.6. The maximum absolute atomic E-state index is 13.4. The molecule has 5 nitrogen and oxygen atoms in total. The van der Waals surface area contributed by atoms with Crippen molar-refractivity contribution < 1.29 is 27.9 Å². The van der Waals surface area contributed by atoms with Gasteiger partial charge in [0.15, 0.2) is 11.6 Å². The lowest BCUT2D eigenvalue weighted by Gasteiger charge is -2.23. The molecule has 0 heterocycles. The van der Waals surface area contributed by atoms with Crippen LogP contribution in [0.2, 0.25) is 0 Å². The van der Waals surface area contributed by atoms with E-state index in [0.717, 1.165) is 4.90 Å². The number of halogens is 3. The Bertz CT molecular complexity index is 528. The Morgan fingerprint density at radius 3 is 2.24 bits per heavy atom. The molecule has 1 unspecified atom stereocenters. The number of carbonyl (C=O) groups is 2. The monoisotopic (exact) mass is 304 g/mol. The molecule has 0 aliphatic heterocycles. The first-order chi connectivity index (χ1) is 9.76. The zero-order valence-electron chi connectivity index (χ0n) is 11.5. The second kappa shape index (κ2) is 6.96. The first kappa shape index (κ1) is 16.8. The predicted octanol–water partition coefficient (Wildman–Crippen LogP) is 2.68. The molecule has 0 bridgehead atoms. The molecule has 0 saturated carbocycles. The summed E-state index contributed by atoms with van der Waals surface area (Å²) in [4.78, 5) is 23.7. The summed E-state index contributed by atoms with van der Waals surface area (Å²) in [5, 5.41) is 10.8. The van der Waals surface area contributed by atoms with E-state index in [1.807, 2.05) is 5.32 Å². The molecule has 1 rings (SSSR count). The molecule has 1 aromatic carbocycles. The highest BCUT2D eigenvalue weighted by Crippen LogP contribution is 2.20. The van der Waals surface area contributed by atoms with Crippen LogP contribution in [0.1, 0.15) is 13.8 Å². The van der Waals surface area contributed by atoms with Gasteiger partial charge >= 0.3 is 12.0 Å². The van der Waals surface area contributed by atoms with Gasteiger partial charge in [-0.15, -0.1) is 0 Å². The highest BCUT2D eigenvalue weighted by Gasteiger charge is 2.21. The van der Waals surface area contributed by atoms with Crippen molar-refractivity contribution in [1.29, 1.82) is 0 Å². The number of nitrogens with zero attached hydrogens (tertiary/aromatic N) is 1. The summed E-state index contributed by atoms with van der Waals surface area (Å²) >= 11 is 0. The number of carbonyl (C=O) groups excluding carboxylic acids is 1. The standard InChI is InChI=1S/C13H15F3N2O3/c1-3-18(6-7(2)12(19)20)13(21)17-11-9(15)4-8(14)5-10(11)16/h4-5,7H,3,6H2,1-2H3,(H,17,21)(H,19,20). The van der Waals surface area contributed by atoms with Crippen LogP contribution < -0.4 is 5.32 Å². The average molecular weight is 304 g/mol. The maximum Gasteiger partial charge on any atom is 0.322 e. The van der Waals surface area contributed by atoms with Crippen molar-refractivity contribution in [3.8, 4) is 0 Å². The number of amides is 2. The Balaban J connectivity index is 2.86. The Labute approximate surface area is 119 Å². The van der Waals surface area contributed by atoms with Crippen LogP contribution in [0.3, 0.4) is 0 Å². The van der Waals surface area contributed by atoms with Gasteiger partial charge in [-0.3, -0.25) is 4.79 Å². The van der Waals surface area contributed by atoms with Crippen LogP contribution in [-0.2, 0) is 4.79 Å². The number of benzene rings is 1. The number of rotatable bonds is 5. The molecule has 2 N–H and O–H groups in total. The minimum atomic E-state index is -1.25. The van der Waals surface area contributed by atoms with Crippen molar-refractivity contribution in [2.24, 2.45) is 5.92 Å². The van der Waals surface area contributed by atoms with Crippen molar-refractivity contribution >= 4 is 17.7 Å². The van der Waals surface area contributed by atoms with E-state index in [2.05, 4.69) is 0 Å². The second-order valence-corrected chi connectivity index (χ2v) is 4.45. The number of urea groups is 1. The number of carboxylic acid groups (broad SMARTS) is 1. The normalized spacial score (nSPS) is 11.9. The molecule has 0 saturated heterocycles. The lowest BCUT2D eigenvalue weighted by atomic mass is 10.2. The van der Waals surface area contributed by atoms with E-state index >= 15 is 0 Å². The number of carboxylic acids is 1. The van der Waals surface area contributed by atoms with Gasteiger partial charge in [0.1, 0.15) is 11.5 Å². The summed E-state index contributed by atoms with van der Waals surface area (Å²) in [6.45, 7) is 3.01. The van der Waals surface area contributed by atoms with E-state index in [9.17, 15) is 22.8 Å². The quantitative estimate of drug-likeness (QED) is 0.878. The van der Waals surface area contributed by atoms with E-state index in [0.29, 0.717) is 12.1 Å². The van der Waals surface area contributed by atoms with E-state index in [4.69, 9.17) is 5.11 Å². The molecule has 0 spiro atoms. The lowest BCUT2D eigenvalue weighted by molar-refractivity contribution is -0.141. The maximum atomic E-state index is 13.4. The van der Waals surface area contributed by atoms with Crippen molar-refractivity contribution in [3.05, 3.63) is 29.6 Å². The fraction of sp³-hybridized carbons (Fsp3) is 0.385. The van der Waals surface area contributed by atoms with E-state index in [1.165, 1.54) is 6.92 Å². The molecule has 8 heteroatoms. The zero-order valence-corrected chi connectivity index (χ0v) is 11.5. The van der Waals surface area contributed by atoms with Crippen LogP contribution >= 0.6 is 0 Å². The van der Waals surface area contributed by atoms with E-state index in [1.54, 1.807) is 6.92 Å². The minimum Gasteiger partial charge on any atom is -0.481 e. The van der Waals surface area contributed by atoms with Crippen LogP contribution in [0, 0.1) is 23.4 Å². The van der Waals surface area contributed by atoms with Crippen LogP contribution in [0.4, 0.5) is 23.7 Å². The second-order valence-electron chi connectivity index (χ2n) is 4.45. The van der Waals surface area contributed by atoms with Gasteiger partial charge in [0.05, 0.1) is 5.92 Å². The molecule has 0 fully saturated rings. The van der Waals surface area contributed by atoms with Crippen molar-refractivity contribution in [1.82, 2.24) is 4.90 Å². The number of anilines is 1. The van der Waals surface area contributed by atoms with Crippen LogP contribution in [0.25, 0.3) is 0 Å². The minimum absolute atomic E-state index is 0.123. The molecule has 116 valence electrons. The van der Waals surface area contributed by atoms with Crippen molar-refractivity contribution in [2.75, 3.05) is 18.4 Å². The van der Waals surface area contributed by atoms with Gasteiger partial charge in [-0.1, -0.05) is 6.92 Å². The molecule has 0 radical (unpaired) electrons. The first-order valence-electron chi connectivity index (χ1n) is 6.19. The predicted molar refractivity (Wildman–Crippen MR) is 69.4 cm³/mol. The van der Waals surface area contributed by atoms with Gasteiger partial charge in [-0.2, -0.15) is 0 Å². The first-order valence-corrected chi connectivity index (χ1v) is 6.19. The fourth-order valence-corrected chi connectivity index (χ4v) is 1.61. The van der Waals surface area contributed by atoms with Gasteiger partial charge in [0.25, 0.3) is 0 Å². The van der Waals surface area contributed by atoms with E-state index < -0.39 is 41.1 Å². The zero-order chi connectivity index (χ0) is 16.2. The Morgan fingerprint density at radius 1 is 1.29 bits per heavy atom. The molecular formula is C13H15F3N2O3. The molecule has 1 aromatic rings. The van der Waals surface area contributed by atoms with Gasteiger partial charge < -0.3 is 15.3 Å². The Hall–Kier alpha value is -2.25. The van der Waals surface area contributed by atoms with Gasteiger partial charge in [-0.25, -0.2) is 18.0 Å². The highest BCUT2D eigenvalue weighted by molar-refractivity contribution is 5.89. The van der Waals surface area contributed by atoms with Gasteiger partial charge in [-0.05, 0) is 6.92 Å². The lowest BCUT2D eigenvalue weighted by Crippen LogP contribution is -2.39. The van der Waals surface area contributed by atoms with Crippen LogP contribution in [0.15, 0.2) is 12.1 Å². The molecule has 2 amide bonds. The van der Waals surface area contributed by atoms with E-state index in [-0.39, 0.29) is 13.1 Å². The molecule has 21 heavy (non-hydrogen) atoms. The largest absolute Gasteiger partial charge is 0.481 e. The molecule has 1 atom stereocenters. The molecule has 0 aliphatic carbocycles. The Kier molecular flexibility index (Phi) is 5.57. The average Bonchev–Trinajstić information content (AvgIpc) is 2.39. The number of aliphatic carboxylic acids is 1. The third kappa shape index (κ3) is 4.37. The molecule has 0 aliphatic rings. The number of hydrogen-bond donors (Lipinski definition) is 2. The number of hydrogen-bond acceptors (Lipinski definition) is 2. The Morgan fingerprint density at radius 2 is 1.81 bits per heavy atom. The van der Waals surface area contributed by atoms with Crippen molar-refractivity contribution in [3.63, 3.8) is 0 Å². The van der Waals surface area contributed by atoms with Crippen molar-refractivity contribution in [2.45, 2.75) is 13.8 Å². The molecule has 0 aromatic heterocycles. The summed E-state index contributed by atoms with van der Waals surface area (Å²) in [6.07, 6.45) is 0. The summed E-state index contributed by atoms with van der Waals surface area (Å²) in [7, 11) is 0. The summed E-state index contributed by atoms with van der Waals surface area (Å²) in [6, 6.07) is 0.0129. The van der Waals surface area contributed by atoms with Crippen LogP contribution in [-0.4, -0.2) is 35.1 Å². The smallest absolute Gasteiger partial charge is 0.322 e. The number of nitrogens with one attached hydrogen (secondary N) is 1. The fourth-order valence-electron chi connectivity index (χ4n) is 1.61. The van der Waals surface area contributed by atoms with Gasteiger partial charge in [0.2, 0.25) is 0 Å². The third-order valence-electron chi connectivity index (χ3n) is 2.82. The van der Waals surface area contributed by atoms with Crippen LogP contribution in [0.5, 0.6) is 0 Å². The van der Waals surface area contributed by atoms with Gasteiger partial charge in [0, 0.05) is 25.2 Å². The highest BCUT2D eigenvalue weighted by atomic mass is 19.1. The topological polar surface area (TPSA) is 69.6 Å².